The molecule has 3 rings (SSSR count). The number of nitrogens with zero attached hydrogens (tertiary/aromatic N) is 1. The Labute approximate surface area is 131 Å². The quantitative estimate of drug-likeness (QED) is 0.944. The highest BCUT2D eigenvalue weighted by atomic mass is 16.3. The summed E-state index contributed by atoms with van der Waals surface area (Å²) < 4.78 is 0. The van der Waals surface area contributed by atoms with Crippen LogP contribution in [0, 0.1) is 5.92 Å². The summed E-state index contributed by atoms with van der Waals surface area (Å²) >= 11 is 0. The van der Waals surface area contributed by atoms with Crippen LogP contribution in [0.4, 0.5) is 0 Å². The third-order valence-corrected chi connectivity index (χ3v) is 4.40. The van der Waals surface area contributed by atoms with E-state index in [1.807, 2.05) is 59.5 Å². The summed E-state index contributed by atoms with van der Waals surface area (Å²) in [6.07, 6.45) is 1.77. The van der Waals surface area contributed by atoms with E-state index in [-0.39, 0.29) is 12.5 Å². The Kier molecular flexibility index (Phi) is 4.54. The predicted molar refractivity (Wildman–Crippen MR) is 87.6 cm³/mol. The molecule has 1 aliphatic heterocycles. The summed E-state index contributed by atoms with van der Waals surface area (Å²) in [6, 6.07) is 17.8. The molecular weight excluding hydrogens is 274 g/mol. The van der Waals surface area contributed by atoms with Crippen LogP contribution < -0.4 is 0 Å². The second-order valence-corrected chi connectivity index (χ2v) is 5.83. The average molecular weight is 295 g/mol. The number of piperidine rings is 1. The summed E-state index contributed by atoms with van der Waals surface area (Å²) in [7, 11) is 0. The van der Waals surface area contributed by atoms with E-state index in [2.05, 4.69) is 0 Å². The summed E-state index contributed by atoms with van der Waals surface area (Å²) in [5.74, 6) is 0.434. The minimum Gasteiger partial charge on any atom is -0.396 e. The van der Waals surface area contributed by atoms with Gasteiger partial charge in [-0.25, -0.2) is 0 Å². The zero-order chi connectivity index (χ0) is 15.4. The first kappa shape index (κ1) is 14.8. The third kappa shape index (κ3) is 3.04. The Morgan fingerprint density at radius 3 is 2.32 bits per heavy atom. The maximum Gasteiger partial charge on any atom is 0.254 e. The van der Waals surface area contributed by atoms with Gasteiger partial charge in [0.25, 0.3) is 5.91 Å². The van der Waals surface area contributed by atoms with Crippen molar-refractivity contribution in [3.8, 4) is 11.1 Å². The van der Waals surface area contributed by atoms with Gasteiger partial charge in [-0.3, -0.25) is 4.79 Å². The van der Waals surface area contributed by atoms with Crippen molar-refractivity contribution in [3.63, 3.8) is 0 Å². The van der Waals surface area contributed by atoms with Crippen molar-refractivity contribution in [2.45, 2.75) is 12.8 Å². The van der Waals surface area contributed by atoms with Crippen molar-refractivity contribution in [1.82, 2.24) is 4.90 Å². The van der Waals surface area contributed by atoms with E-state index in [9.17, 15) is 9.90 Å². The predicted octanol–water partition coefficient (Wildman–Crippen LogP) is 3.20. The van der Waals surface area contributed by atoms with Crippen LogP contribution in [0.3, 0.4) is 0 Å². The van der Waals surface area contributed by atoms with Gasteiger partial charge in [-0.1, -0.05) is 48.5 Å². The van der Waals surface area contributed by atoms with Crippen molar-refractivity contribution in [3.05, 3.63) is 60.2 Å². The van der Waals surface area contributed by atoms with E-state index in [4.69, 9.17) is 0 Å². The molecule has 1 fully saturated rings. The molecule has 3 nitrogen and oxygen atoms in total. The number of aliphatic hydroxyl groups is 1. The van der Waals surface area contributed by atoms with Gasteiger partial charge in [0.05, 0.1) is 0 Å². The number of likely N-dealkylation sites (tertiary alicyclic amines) is 1. The van der Waals surface area contributed by atoms with Crippen LogP contribution in [0.2, 0.25) is 0 Å². The number of carbonyl (C=O) groups is 1. The highest BCUT2D eigenvalue weighted by Gasteiger charge is 2.24. The number of carbonyl (C=O) groups excluding carboxylic acids is 1. The lowest BCUT2D eigenvalue weighted by molar-refractivity contribution is 0.0651. The van der Waals surface area contributed by atoms with Crippen molar-refractivity contribution >= 4 is 5.91 Å². The molecule has 1 heterocycles. The molecule has 0 aliphatic carbocycles. The molecule has 22 heavy (non-hydrogen) atoms. The summed E-state index contributed by atoms with van der Waals surface area (Å²) in [6.45, 7) is 1.68. The SMILES string of the molecule is O=C(c1ccccc1-c1ccccc1)N1CCC(CO)CC1. The van der Waals surface area contributed by atoms with Gasteiger partial charge in [0.1, 0.15) is 0 Å². The lowest BCUT2D eigenvalue weighted by Gasteiger charge is -2.31. The third-order valence-electron chi connectivity index (χ3n) is 4.40. The fourth-order valence-corrected chi connectivity index (χ4v) is 3.03. The Bertz CT molecular complexity index is 631. The van der Waals surface area contributed by atoms with Crippen LogP contribution in [0.25, 0.3) is 11.1 Å². The molecule has 0 radical (unpaired) electrons. The van der Waals surface area contributed by atoms with Crippen LogP contribution in [-0.2, 0) is 0 Å². The molecule has 2 aromatic carbocycles. The number of rotatable bonds is 3. The molecule has 1 aliphatic rings. The second-order valence-electron chi connectivity index (χ2n) is 5.83. The lowest BCUT2D eigenvalue weighted by Crippen LogP contribution is -2.39. The van der Waals surface area contributed by atoms with E-state index in [0.717, 1.165) is 42.6 Å². The monoisotopic (exact) mass is 295 g/mol. The molecule has 2 aromatic rings. The molecule has 0 aromatic heterocycles. The fourth-order valence-electron chi connectivity index (χ4n) is 3.03. The number of aliphatic hydroxyl groups excluding tert-OH is 1. The van der Waals surface area contributed by atoms with E-state index in [1.165, 1.54) is 0 Å². The minimum absolute atomic E-state index is 0.0934. The molecule has 1 N–H and O–H groups in total. The van der Waals surface area contributed by atoms with Gasteiger partial charge in [0.15, 0.2) is 0 Å². The standard InChI is InChI=1S/C19H21NO2/c21-14-15-10-12-20(13-11-15)19(22)18-9-5-4-8-17(18)16-6-2-1-3-7-16/h1-9,15,21H,10-14H2. The zero-order valence-electron chi connectivity index (χ0n) is 12.6. The van der Waals surface area contributed by atoms with Crippen LogP contribution in [-0.4, -0.2) is 35.6 Å². The Balaban J connectivity index is 1.85. The van der Waals surface area contributed by atoms with Gasteiger partial charge >= 0.3 is 0 Å². The highest BCUT2D eigenvalue weighted by Crippen LogP contribution is 2.26. The lowest BCUT2D eigenvalue weighted by atomic mass is 9.95. The topological polar surface area (TPSA) is 40.5 Å². The molecule has 0 spiro atoms. The Morgan fingerprint density at radius 2 is 1.64 bits per heavy atom. The minimum atomic E-state index is 0.0934. The number of amides is 1. The first-order valence-corrected chi connectivity index (χ1v) is 7.84. The average Bonchev–Trinajstić information content (AvgIpc) is 2.62. The zero-order valence-corrected chi connectivity index (χ0v) is 12.6. The molecule has 0 saturated carbocycles. The second kappa shape index (κ2) is 6.75. The summed E-state index contributed by atoms with van der Waals surface area (Å²) in [4.78, 5) is 14.8. The summed E-state index contributed by atoms with van der Waals surface area (Å²) in [5, 5.41) is 9.22. The largest absolute Gasteiger partial charge is 0.396 e. The number of hydrogen-bond donors (Lipinski definition) is 1. The van der Waals surface area contributed by atoms with Gasteiger partial charge in [-0.2, -0.15) is 0 Å². The van der Waals surface area contributed by atoms with Crippen LogP contribution in [0.1, 0.15) is 23.2 Å². The van der Waals surface area contributed by atoms with Gasteiger partial charge in [-0.05, 0) is 36.0 Å². The number of benzene rings is 2. The molecule has 1 saturated heterocycles. The maximum absolute atomic E-state index is 12.9. The van der Waals surface area contributed by atoms with Crippen molar-refractivity contribution < 1.29 is 9.90 Å². The van der Waals surface area contributed by atoms with Gasteiger partial charge in [-0.15, -0.1) is 0 Å². The normalized spacial score (nSPS) is 15.8. The fraction of sp³-hybridized carbons (Fsp3) is 0.316. The molecule has 0 atom stereocenters. The van der Waals surface area contributed by atoms with E-state index < -0.39 is 0 Å². The Hall–Kier alpha value is -2.13. The van der Waals surface area contributed by atoms with Crippen LogP contribution in [0.5, 0.6) is 0 Å². The van der Waals surface area contributed by atoms with Crippen molar-refractivity contribution in [2.24, 2.45) is 5.92 Å². The van der Waals surface area contributed by atoms with Crippen molar-refractivity contribution in [2.75, 3.05) is 19.7 Å². The van der Waals surface area contributed by atoms with Crippen LogP contribution >= 0.6 is 0 Å². The molecule has 3 heteroatoms. The van der Waals surface area contributed by atoms with E-state index in [0.29, 0.717) is 5.92 Å². The van der Waals surface area contributed by atoms with E-state index in [1.54, 1.807) is 0 Å². The first-order chi connectivity index (χ1) is 10.8. The molecule has 1 amide bonds. The molecule has 0 bridgehead atoms. The smallest absolute Gasteiger partial charge is 0.254 e. The molecule has 114 valence electrons. The highest BCUT2D eigenvalue weighted by molar-refractivity contribution is 6.00. The maximum atomic E-state index is 12.9. The van der Waals surface area contributed by atoms with Gasteiger partial charge in [0, 0.05) is 25.3 Å². The molecular formula is C19H21NO2. The van der Waals surface area contributed by atoms with Gasteiger partial charge in [0.2, 0.25) is 0 Å². The van der Waals surface area contributed by atoms with Gasteiger partial charge < -0.3 is 10.0 Å². The van der Waals surface area contributed by atoms with E-state index >= 15 is 0 Å². The van der Waals surface area contributed by atoms with Crippen molar-refractivity contribution in [1.29, 1.82) is 0 Å². The first-order valence-electron chi connectivity index (χ1n) is 7.84. The van der Waals surface area contributed by atoms with Crippen LogP contribution in [0.15, 0.2) is 54.6 Å². The molecule has 0 unspecified atom stereocenters. The summed E-state index contributed by atoms with van der Waals surface area (Å²) in [5.41, 5.74) is 2.81. The Morgan fingerprint density at radius 1 is 1.00 bits per heavy atom. The number of hydrogen-bond acceptors (Lipinski definition) is 2.